The lowest BCUT2D eigenvalue weighted by Crippen LogP contribution is -2.42. The Balaban J connectivity index is 2.29. The smallest absolute Gasteiger partial charge is 0.246 e. The van der Waals surface area contributed by atoms with E-state index in [1.54, 1.807) is 0 Å². The van der Waals surface area contributed by atoms with Gasteiger partial charge in [0.05, 0.1) is 5.60 Å². The summed E-state index contributed by atoms with van der Waals surface area (Å²) in [5, 5.41) is 2.89. The SMILES string of the molecule is CCC(C)NC(=O)COC1(CN)CCCC1. The molecule has 0 heterocycles. The fraction of sp³-hybridized carbons (Fsp3) is 0.917. The van der Waals surface area contributed by atoms with Crippen molar-refractivity contribution in [2.75, 3.05) is 13.2 Å². The number of hydrogen-bond acceptors (Lipinski definition) is 3. The third-order valence-corrected chi connectivity index (χ3v) is 3.42. The number of nitrogens with two attached hydrogens (primary N) is 1. The van der Waals surface area contributed by atoms with Gasteiger partial charge in [-0.25, -0.2) is 0 Å². The van der Waals surface area contributed by atoms with Gasteiger partial charge in [0.1, 0.15) is 6.61 Å². The Labute approximate surface area is 97.9 Å². The van der Waals surface area contributed by atoms with E-state index in [0.717, 1.165) is 32.1 Å². The van der Waals surface area contributed by atoms with Crippen LogP contribution in [0.25, 0.3) is 0 Å². The van der Waals surface area contributed by atoms with Crippen LogP contribution < -0.4 is 11.1 Å². The molecular weight excluding hydrogens is 204 g/mol. The molecule has 94 valence electrons. The van der Waals surface area contributed by atoms with Gasteiger partial charge in [0.2, 0.25) is 5.91 Å². The predicted molar refractivity (Wildman–Crippen MR) is 64.1 cm³/mol. The molecule has 0 spiro atoms. The van der Waals surface area contributed by atoms with Gasteiger partial charge in [-0.1, -0.05) is 19.8 Å². The predicted octanol–water partition coefficient (Wildman–Crippen LogP) is 1.19. The lowest BCUT2D eigenvalue weighted by Gasteiger charge is -2.27. The van der Waals surface area contributed by atoms with E-state index in [1.165, 1.54) is 0 Å². The molecule has 0 aliphatic heterocycles. The van der Waals surface area contributed by atoms with Gasteiger partial charge in [-0.3, -0.25) is 4.79 Å². The minimum atomic E-state index is -0.229. The number of carbonyl (C=O) groups is 1. The van der Waals surface area contributed by atoms with Crippen LogP contribution in [0.2, 0.25) is 0 Å². The van der Waals surface area contributed by atoms with Gasteiger partial charge in [-0.2, -0.15) is 0 Å². The lowest BCUT2D eigenvalue weighted by molar-refractivity contribution is -0.133. The molecule has 16 heavy (non-hydrogen) atoms. The monoisotopic (exact) mass is 228 g/mol. The van der Waals surface area contributed by atoms with Gasteiger partial charge in [0, 0.05) is 12.6 Å². The van der Waals surface area contributed by atoms with Gasteiger partial charge in [-0.15, -0.1) is 0 Å². The van der Waals surface area contributed by atoms with Crippen molar-refractivity contribution in [1.29, 1.82) is 0 Å². The van der Waals surface area contributed by atoms with Crippen molar-refractivity contribution in [3.05, 3.63) is 0 Å². The van der Waals surface area contributed by atoms with Crippen LogP contribution in [0.3, 0.4) is 0 Å². The fourth-order valence-corrected chi connectivity index (χ4v) is 2.06. The van der Waals surface area contributed by atoms with E-state index in [0.29, 0.717) is 6.54 Å². The molecule has 0 aromatic rings. The second-order valence-corrected chi connectivity index (χ2v) is 4.76. The van der Waals surface area contributed by atoms with Crippen LogP contribution in [-0.4, -0.2) is 30.7 Å². The van der Waals surface area contributed by atoms with Gasteiger partial charge < -0.3 is 15.8 Å². The van der Waals surface area contributed by atoms with Crippen LogP contribution in [0.15, 0.2) is 0 Å². The van der Waals surface area contributed by atoms with Gasteiger partial charge in [0.25, 0.3) is 0 Å². The third-order valence-electron chi connectivity index (χ3n) is 3.42. The summed E-state index contributed by atoms with van der Waals surface area (Å²) >= 11 is 0. The molecule has 0 aromatic heterocycles. The Bertz CT molecular complexity index is 225. The number of nitrogens with one attached hydrogen (secondary N) is 1. The third kappa shape index (κ3) is 3.76. The summed E-state index contributed by atoms with van der Waals surface area (Å²) in [6, 6.07) is 0.216. The largest absolute Gasteiger partial charge is 0.364 e. The quantitative estimate of drug-likeness (QED) is 0.717. The van der Waals surface area contributed by atoms with Gasteiger partial charge in [0.15, 0.2) is 0 Å². The maximum atomic E-state index is 11.6. The molecule has 1 atom stereocenters. The van der Waals surface area contributed by atoms with Crippen LogP contribution in [-0.2, 0) is 9.53 Å². The number of hydrogen-bond donors (Lipinski definition) is 2. The molecule has 1 aliphatic carbocycles. The summed E-state index contributed by atoms with van der Waals surface area (Å²) in [5.74, 6) is -0.0333. The van der Waals surface area contributed by atoms with E-state index in [4.69, 9.17) is 10.5 Å². The van der Waals surface area contributed by atoms with E-state index in [1.807, 2.05) is 13.8 Å². The topological polar surface area (TPSA) is 64.3 Å². The highest BCUT2D eigenvalue weighted by Crippen LogP contribution is 2.31. The van der Waals surface area contributed by atoms with Gasteiger partial charge in [-0.05, 0) is 26.2 Å². The summed E-state index contributed by atoms with van der Waals surface area (Å²) in [4.78, 5) is 11.6. The van der Waals surface area contributed by atoms with E-state index in [2.05, 4.69) is 5.32 Å². The van der Waals surface area contributed by atoms with Crippen molar-refractivity contribution in [2.45, 2.75) is 57.6 Å². The standard InChI is InChI=1S/C12H24N2O2/c1-3-10(2)14-11(15)8-16-12(9-13)6-4-5-7-12/h10H,3-9,13H2,1-2H3,(H,14,15). The summed E-state index contributed by atoms with van der Waals surface area (Å²) in [6.45, 7) is 4.70. The summed E-state index contributed by atoms with van der Waals surface area (Å²) in [7, 11) is 0. The molecule has 1 rings (SSSR count). The molecule has 1 fully saturated rings. The highest BCUT2D eigenvalue weighted by molar-refractivity contribution is 5.77. The zero-order chi connectivity index (χ0) is 12.0. The van der Waals surface area contributed by atoms with Crippen molar-refractivity contribution in [3.63, 3.8) is 0 Å². The molecule has 3 N–H and O–H groups in total. The molecular formula is C12H24N2O2. The van der Waals surface area contributed by atoms with Crippen LogP contribution in [0, 0.1) is 0 Å². The van der Waals surface area contributed by atoms with E-state index in [9.17, 15) is 4.79 Å². The van der Waals surface area contributed by atoms with Crippen molar-refractivity contribution >= 4 is 5.91 Å². The molecule has 0 aromatic carbocycles. The first-order valence-corrected chi connectivity index (χ1v) is 6.25. The Morgan fingerprint density at radius 3 is 2.62 bits per heavy atom. The van der Waals surface area contributed by atoms with E-state index < -0.39 is 0 Å². The molecule has 1 saturated carbocycles. The average molecular weight is 228 g/mol. The molecule has 4 nitrogen and oxygen atoms in total. The first-order chi connectivity index (χ1) is 7.62. The second kappa shape index (κ2) is 6.21. The Kier molecular flexibility index (Phi) is 5.22. The Hall–Kier alpha value is -0.610. The van der Waals surface area contributed by atoms with Crippen molar-refractivity contribution < 1.29 is 9.53 Å². The van der Waals surface area contributed by atoms with Crippen LogP contribution in [0.1, 0.15) is 46.0 Å². The van der Waals surface area contributed by atoms with E-state index >= 15 is 0 Å². The molecule has 1 amide bonds. The zero-order valence-corrected chi connectivity index (χ0v) is 10.4. The van der Waals surface area contributed by atoms with Crippen LogP contribution >= 0.6 is 0 Å². The minimum Gasteiger partial charge on any atom is -0.364 e. The Morgan fingerprint density at radius 2 is 2.12 bits per heavy atom. The number of amides is 1. The molecule has 4 heteroatoms. The lowest BCUT2D eigenvalue weighted by atomic mass is 10.0. The Morgan fingerprint density at radius 1 is 1.50 bits per heavy atom. The average Bonchev–Trinajstić information content (AvgIpc) is 2.75. The zero-order valence-electron chi connectivity index (χ0n) is 10.4. The molecule has 1 aliphatic rings. The molecule has 0 saturated heterocycles. The minimum absolute atomic E-state index is 0.0333. The van der Waals surface area contributed by atoms with Crippen molar-refractivity contribution in [2.24, 2.45) is 5.73 Å². The van der Waals surface area contributed by atoms with Crippen molar-refractivity contribution in [1.82, 2.24) is 5.32 Å². The highest BCUT2D eigenvalue weighted by Gasteiger charge is 2.33. The number of rotatable bonds is 6. The summed E-state index contributed by atoms with van der Waals surface area (Å²) < 4.78 is 5.71. The maximum absolute atomic E-state index is 11.6. The number of ether oxygens (including phenoxy) is 1. The first-order valence-electron chi connectivity index (χ1n) is 6.25. The molecule has 0 bridgehead atoms. The highest BCUT2D eigenvalue weighted by atomic mass is 16.5. The summed E-state index contributed by atoms with van der Waals surface area (Å²) in [5.41, 5.74) is 5.50. The number of carbonyl (C=O) groups excluding carboxylic acids is 1. The summed E-state index contributed by atoms with van der Waals surface area (Å²) in [6.07, 6.45) is 5.22. The first kappa shape index (κ1) is 13.5. The van der Waals surface area contributed by atoms with E-state index in [-0.39, 0.29) is 24.2 Å². The normalized spacial score (nSPS) is 20.7. The van der Waals surface area contributed by atoms with Crippen molar-refractivity contribution in [3.8, 4) is 0 Å². The fourth-order valence-electron chi connectivity index (χ4n) is 2.06. The molecule has 0 radical (unpaired) electrons. The van der Waals surface area contributed by atoms with Crippen LogP contribution in [0.5, 0.6) is 0 Å². The van der Waals surface area contributed by atoms with Gasteiger partial charge >= 0.3 is 0 Å². The molecule has 1 unspecified atom stereocenters. The second-order valence-electron chi connectivity index (χ2n) is 4.76. The van der Waals surface area contributed by atoms with Crippen LogP contribution in [0.4, 0.5) is 0 Å². The maximum Gasteiger partial charge on any atom is 0.246 e.